The summed E-state index contributed by atoms with van der Waals surface area (Å²) in [5, 5.41) is 3.01. The SMILES string of the molecule is COc1ccc(NC(=O)C2CCC(c3ccc(N)cc3)CC2)cc1. The van der Waals surface area contributed by atoms with Gasteiger partial charge in [-0.2, -0.15) is 0 Å². The predicted molar refractivity (Wildman–Crippen MR) is 97.2 cm³/mol. The van der Waals surface area contributed by atoms with Crippen molar-refractivity contribution in [2.75, 3.05) is 18.2 Å². The predicted octanol–water partition coefficient (Wildman–Crippen LogP) is 4.19. The number of nitrogen functional groups attached to an aromatic ring is 1. The molecule has 0 unspecified atom stereocenters. The van der Waals surface area contributed by atoms with Crippen molar-refractivity contribution in [3.05, 3.63) is 54.1 Å². The van der Waals surface area contributed by atoms with Crippen LogP contribution in [0.4, 0.5) is 11.4 Å². The number of nitrogens with one attached hydrogen (secondary N) is 1. The molecule has 0 radical (unpaired) electrons. The van der Waals surface area contributed by atoms with Crippen LogP contribution in [0.3, 0.4) is 0 Å². The van der Waals surface area contributed by atoms with E-state index in [0.29, 0.717) is 5.92 Å². The summed E-state index contributed by atoms with van der Waals surface area (Å²) in [6.45, 7) is 0. The molecule has 4 heteroatoms. The summed E-state index contributed by atoms with van der Waals surface area (Å²) >= 11 is 0. The standard InChI is InChI=1S/C20H24N2O2/c1-24-19-12-10-18(11-13-19)22-20(23)16-4-2-14(3-5-16)15-6-8-17(21)9-7-15/h6-14,16H,2-5,21H2,1H3,(H,22,23). The average molecular weight is 324 g/mol. The molecule has 4 nitrogen and oxygen atoms in total. The van der Waals surface area contributed by atoms with E-state index < -0.39 is 0 Å². The smallest absolute Gasteiger partial charge is 0.227 e. The van der Waals surface area contributed by atoms with Gasteiger partial charge in [-0.3, -0.25) is 4.79 Å². The van der Waals surface area contributed by atoms with E-state index in [4.69, 9.17) is 10.5 Å². The number of hydrogen-bond donors (Lipinski definition) is 2. The molecule has 1 aliphatic rings. The van der Waals surface area contributed by atoms with Crippen LogP contribution in [0.2, 0.25) is 0 Å². The molecule has 1 fully saturated rings. The first-order valence-electron chi connectivity index (χ1n) is 8.46. The van der Waals surface area contributed by atoms with E-state index in [9.17, 15) is 4.79 Å². The highest BCUT2D eigenvalue weighted by Gasteiger charge is 2.27. The van der Waals surface area contributed by atoms with E-state index in [0.717, 1.165) is 42.8 Å². The highest BCUT2D eigenvalue weighted by molar-refractivity contribution is 5.92. The Labute approximate surface area is 143 Å². The van der Waals surface area contributed by atoms with E-state index in [1.807, 2.05) is 36.4 Å². The van der Waals surface area contributed by atoms with E-state index in [-0.39, 0.29) is 11.8 Å². The molecule has 2 aromatic rings. The maximum atomic E-state index is 12.5. The van der Waals surface area contributed by atoms with Gasteiger partial charge in [0.15, 0.2) is 0 Å². The number of hydrogen-bond acceptors (Lipinski definition) is 3. The number of nitrogens with two attached hydrogens (primary N) is 1. The molecule has 2 aromatic carbocycles. The van der Waals surface area contributed by atoms with Gasteiger partial charge in [-0.1, -0.05) is 12.1 Å². The molecule has 0 aliphatic heterocycles. The molecule has 1 aliphatic carbocycles. The van der Waals surface area contributed by atoms with Crippen LogP contribution < -0.4 is 15.8 Å². The second kappa shape index (κ2) is 7.39. The van der Waals surface area contributed by atoms with Crippen molar-refractivity contribution in [3.8, 4) is 5.75 Å². The maximum absolute atomic E-state index is 12.5. The van der Waals surface area contributed by atoms with Crippen LogP contribution in [0.15, 0.2) is 48.5 Å². The third kappa shape index (κ3) is 3.88. The van der Waals surface area contributed by atoms with Gasteiger partial charge in [0.1, 0.15) is 5.75 Å². The van der Waals surface area contributed by atoms with Gasteiger partial charge in [-0.15, -0.1) is 0 Å². The van der Waals surface area contributed by atoms with Crippen molar-refractivity contribution in [2.45, 2.75) is 31.6 Å². The zero-order valence-corrected chi connectivity index (χ0v) is 14.0. The monoisotopic (exact) mass is 324 g/mol. The van der Waals surface area contributed by atoms with Gasteiger partial charge < -0.3 is 15.8 Å². The second-order valence-electron chi connectivity index (χ2n) is 6.43. The number of carbonyl (C=O) groups is 1. The first-order valence-corrected chi connectivity index (χ1v) is 8.46. The lowest BCUT2D eigenvalue weighted by Gasteiger charge is -2.28. The highest BCUT2D eigenvalue weighted by atomic mass is 16.5. The number of rotatable bonds is 4. The molecule has 0 bridgehead atoms. The fourth-order valence-corrected chi connectivity index (χ4v) is 3.38. The van der Waals surface area contributed by atoms with Gasteiger partial charge in [0, 0.05) is 17.3 Å². The van der Waals surface area contributed by atoms with Gasteiger partial charge in [-0.05, 0) is 73.6 Å². The molecule has 3 rings (SSSR count). The zero-order valence-electron chi connectivity index (χ0n) is 14.0. The minimum absolute atomic E-state index is 0.0946. The van der Waals surface area contributed by atoms with Crippen molar-refractivity contribution in [1.29, 1.82) is 0 Å². The first kappa shape index (κ1) is 16.4. The van der Waals surface area contributed by atoms with Gasteiger partial charge in [0.05, 0.1) is 7.11 Å². The lowest BCUT2D eigenvalue weighted by atomic mass is 9.78. The summed E-state index contributed by atoms with van der Waals surface area (Å²) in [5.74, 6) is 1.54. The molecular formula is C20H24N2O2. The quantitative estimate of drug-likeness (QED) is 0.829. The molecule has 0 atom stereocenters. The Bertz CT molecular complexity index is 672. The molecule has 0 spiro atoms. The molecular weight excluding hydrogens is 300 g/mol. The molecule has 0 aromatic heterocycles. The van der Waals surface area contributed by atoms with Gasteiger partial charge in [0.2, 0.25) is 5.91 Å². The number of ether oxygens (including phenoxy) is 1. The van der Waals surface area contributed by atoms with E-state index in [1.165, 1.54) is 5.56 Å². The van der Waals surface area contributed by atoms with Crippen LogP contribution in [0.5, 0.6) is 5.75 Å². The summed E-state index contributed by atoms with van der Waals surface area (Å²) in [6.07, 6.45) is 3.95. The first-order chi connectivity index (χ1) is 11.7. The molecule has 3 N–H and O–H groups in total. The van der Waals surface area contributed by atoms with Crippen LogP contribution in [0.25, 0.3) is 0 Å². The van der Waals surface area contributed by atoms with Crippen LogP contribution >= 0.6 is 0 Å². The van der Waals surface area contributed by atoms with Crippen molar-refractivity contribution in [2.24, 2.45) is 5.92 Å². The van der Waals surface area contributed by atoms with E-state index in [2.05, 4.69) is 17.4 Å². The molecule has 126 valence electrons. The third-order valence-corrected chi connectivity index (χ3v) is 4.86. The van der Waals surface area contributed by atoms with Gasteiger partial charge in [-0.25, -0.2) is 0 Å². The van der Waals surface area contributed by atoms with E-state index in [1.54, 1.807) is 7.11 Å². The molecule has 0 heterocycles. The summed E-state index contributed by atoms with van der Waals surface area (Å²) in [7, 11) is 1.63. The van der Waals surface area contributed by atoms with Crippen LogP contribution in [0.1, 0.15) is 37.2 Å². The largest absolute Gasteiger partial charge is 0.497 e. The molecule has 1 amide bonds. The maximum Gasteiger partial charge on any atom is 0.227 e. The number of carbonyl (C=O) groups excluding carboxylic acids is 1. The van der Waals surface area contributed by atoms with Crippen molar-refractivity contribution in [1.82, 2.24) is 0 Å². The summed E-state index contributed by atoms with van der Waals surface area (Å²) in [5.41, 5.74) is 8.70. The van der Waals surface area contributed by atoms with Crippen LogP contribution in [-0.4, -0.2) is 13.0 Å². The van der Waals surface area contributed by atoms with E-state index >= 15 is 0 Å². The Morgan fingerprint density at radius 3 is 2.21 bits per heavy atom. The van der Waals surface area contributed by atoms with Gasteiger partial charge in [0.25, 0.3) is 0 Å². The van der Waals surface area contributed by atoms with Crippen molar-refractivity contribution < 1.29 is 9.53 Å². The zero-order chi connectivity index (χ0) is 16.9. The van der Waals surface area contributed by atoms with Crippen LogP contribution in [-0.2, 0) is 4.79 Å². The molecule has 24 heavy (non-hydrogen) atoms. The van der Waals surface area contributed by atoms with Crippen molar-refractivity contribution in [3.63, 3.8) is 0 Å². The van der Waals surface area contributed by atoms with Crippen LogP contribution in [0, 0.1) is 5.92 Å². The van der Waals surface area contributed by atoms with Gasteiger partial charge >= 0.3 is 0 Å². The number of methoxy groups -OCH3 is 1. The number of benzene rings is 2. The Hall–Kier alpha value is -2.49. The normalized spacial score (nSPS) is 20.4. The third-order valence-electron chi connectivity index (χ3n) is 4.86. The fraction of sp³-hybridized carbons (Fsp3) is 0.350. The average Bonchev–Trinajstić information content (AvgIpc) is 2.63. The summed E-state index contributed by atoms with van der Waals surface area (Å²) in [4.78, 5) is 12.5. The fourth-order valence-electron chi connectivity index (χ4n) is 3.38. The minimum Gasteiger partial charge on any atom is -0.497 e. The lowest BCUT2D eigenvalue weighted by Crippen LogP contribution is -2.26. The minimum atomic E-state index is 0.0946. The molecule has 0 saturated heterocycles. The summed E-state index contributed by atoms with van der Waals surface area (Å²) in [6, 6.07) is 15.6. The Balaban J connectivity index is 1.53. The Morgan fingerprint density at radius 1 is 1.00 bits per heavy atom. The Morgan fingerprint density at radius 2 is 1.62 bits per heavy atom. The lowest BCUT2D eigenvalue weighted by molar-refractivity contribution is -0.120. The number of anilines is 2. The van der Waals surface area contributed by atoms with Crippen molar-refractivity contribution >= 4 is 17.3 Å². The Kier molecular flexibility index (Phi) is 5.04. The topological polar surface area (TPSA) is 64.3 Å². The highest BCUT2D eigenvalue weighted by Crippen LogP contribution is 2.36. The number of amides is 1. The molecule has 1 saturated carbocycles. The second-order valence-corrected chi connectivity index (χ2v) is 6.43. The summed E-state index contributed by atoms with van der Waals surface area (Å²) < 4.78 is 5.13.